The van der Waals surface area contributed by atoms with Crippen molar-refractivity contribution in [2.24, 2.45) is 5.73 Å². The maximum atomic E-state index is 11.4. The zero-order valence-electron chi connectivity index (χ0n) is 11.4. The minimum Gasteiger partial charge on any atom is -0.475 e. The number of aliphatic carboxylic acids is 1. The molecule has 0 fully saturated rings. The molecule has 0 spiro atoms. The first-order chi connectivity index (χ1) is 10.0. The topological polar surface area (TPSA) is 130 Å². The van der Waals surface area contributed by atoms with Crippen LogP contribution in [0.25, 0.3) is 0 Å². The number of hydrogen-bond donors (Lipinski definition) is 3. The Kier molecular flexibility index (Phi) is 7.22. The standard InChI is InChI=1S/C9H13N3O3.C2HF3O2/c1-6(9(15)11-5-4-10)12-7(13)2-3-8(12)14;3-2(4,5)1(6)7/h2-3,6H,4-5,10H2,1H3,(H,11,15);(H,6,7). The molecule has 0 saturated heterocycles. The van der Waals surface area contributed by atoms with Crippen molar-refractivity contribution in [3.05, 3.63) is 12.2 Å². The molecule has 0 aliphatic carbocycles. The Morgan fingerprint density at radius 2 is 1.73 bits per heavy atom. The van der Waals surface area contributed by atoms with Crippen LogP contribution in [0.4, 0.5) is 13.2 Å². The van der Waals surface area contributed by atoms with Crippen molar-refractivity contribution in [3.63, 3.8) is 0 Å². The highest BCUT2D eigenvalue weighted by molar-refractivity contribution is 6.15. The Bertz CT molecular complexity index is 472. The predicted octanol–water partition coefficient (Wildman–Crippen LogP) is -0.992. The fraction of sp³-hybridized carbons (Fsp3) is 0.455. The quantitative estimate of drug-likeness (QED) is 0.569. The number of imide groups is 1. The third-order valence-electron chi connectivity index (χ3n) is 2.30. The van der Waals surface area contributed by atoms with Crippen LogP contribution in [-0.2, 0) is 19.2 Å². The summed E-state index contributed by atoms with van der Waals surface area (Å²) in [5.74, 6) is -4.07. The first kappa shape index (κ1) is 19.6. The minimum atomic E-state index is -5.08. The molecule has 3 amide bonds. The lowest BCUT2D eigenvalue weighted by molar-refractivity contribution is -0.192. The molecule has 1 aliphatic heterocycles. The monoisotopic (exact) mass is 325 g/mol. The number of alkyl halides is 3. The van der Waals surface area contributed by atoms with Crippen LogP contribution in [-0.4, -0.2) is 59.0 Å². The SMILES string of the molecule is CC(C(=O)NCCN)N1C(=O)C=CC1=O.O=C(O)C(F)(F)F. The van der Waals surface area contributed by atoms with E-state index in [0.29, 0.717) is 13.1 Å². The Hall–Kier alpha value is -2.43. The Labute approximate surface area is 122 Å². The molecule has 0 saturated carbocycles. The maximum Gasteiger partial charge on any atom is 0.490 e. The van der Waals surface area contributed by atoms with Crippen LogP contribution in [0.2, 0.25) is 0 Å². The zero-order chi connectivity index (χ0) is 17.5. The van der Waals surface area contributed by atoms with Crippen LogP contribution in [0, 0.1) is 0 Å². The summed E-state index contributed by atoms with van der Waals surface area (Å²) in [7, 11) is 0. The first-order valence-electron chi connectivity index (χ1n) is 5.85. The first-order valence-corrected chi connectivity index (χ1v) is 5.85. The molecule has 0 radical (unpaired) electrons. The van der Waals surface area contributed by atoms with Gasteiger partial charge in [-0.3, -0.25) is 19.3 Å². The molecule has 0 aromatic heterocycles. The van der Waals surface area contributed by atoms with Gasteiger partial charge in [-0.2, -0.15) is 13.2 Å². The van der Waals surface area contributed by atoms with Gasteiger partial charge in [0.1, 0.15) is 6.04 Å². The van der Waals surface area contributed by atoms with E-state index in [1.54, 1.807) is 0 Å². The van der Waals surface area contributed by atoms with E-state index in [1.165, 1.54) is 6.92 Å². The van der Waals surface area contributed by atoms with E-state index in [0.717, 1.165) is 17.1 Å². The van der Waals surface area contributed by atoms with E-state index < -0.39 is 30.0 Å². The second-order valence-electron chi connectivity index (χ2n) is 3.94. The predicted molar refractivity (Wildman–Crippen MR) is 66.2 cm³/mol. The molecule has 22 heavy (non-hydrogen) atoms. The van der Waals surface area contributed by atoms with Crippen molar-refractivity contribution in [3.8, 4) is 0 Å². The molecule has 0 aromatic rings. The van der Waals surface area contributed by atoms with Crippen molar-refractivity contribution < 1.29 is 37.5 Å². The third kappa shape index (κ3) is 5.91. The zero-order valence-corrected chi connectivity index (χ0v) is 11.4. The number of hydrogen-bond acceptors (Lipinski definition) is 5. The number of carboxylic acid groups (broad SMARTS) is 1. The Balaban J connectivity index is 0.000000534. The summed E-state index contributed by atoms with van der Waals surface area (Å²) in [6.07, 6.45) is -2.79. The van der Waals surface area contributed by atoms with Gasteiger partial charge in [-0.1, -0.05) is 0 Å². The maximum absolute atomic E-state index is 11.4. The minimum absolute atomic E-state index is 0.318. The Morgan fingerprint density at radius 3 is 2.05 bits per heavy atom. The fourth-order valence-electron chi connectivity index (χ4n) is 1.25. The molecule has 4 N–H and O–H groups in total. The average molecular weight is 325 g/mol. The van der Waals surface area contributed by atoms with Gasteiger partial charge in [-0.15, -0.1) is 0 Å². The van der Waals surface area contributed by atoms with Crippen LogP contribution in [0.1, 0.15) is 6.92 Å². The highest BCUT2D eigenvalue weighted by Crippen LogP contribution is 2.13. The molecule has 1 unspecified atom stereocenters. The molecule has 1 rings (SSSR count). The van der Waals surface area contributed by atoms with Crippen LogP contribution in [0.3, 0.4) is 0 Å². The van der Waals surface area contributed by atoms with Crippen molar-refractivity contribution >= 4 is 23.7 Å². The van der Waals surface area contributed by atoms with Gasteiger partial charge in [0.25, 0.3) is 11.8 Å². The fourth-order valence-corrected chi connectivity index (χ4v) is 1.25. The third-order valence-corrected chi connectivity index (χ3v) is 2.30. The lowest BCUT2D eigenvalue weighted by Crippen LogP contribution is -2.48. The molecule has 124 valence electrons. The van der Waals surface area contributed by atoms with Crippen molar-refractivity contribution in [2.45, 2.75) is 19.1 Å². The number of carbonyl (C=O) groups excluding carboxylic acids is 3. The van der Waals surface area contributed by atoms with E-state index in [-0.39, 0.29) is 5.91 Å². The van der Waals surface area contributed by atoms with Crippen molar-refractivity contribution in [1.82, 2.24) is 10.2 Å². The second kappa shape index (κ2) is 8.12. The molecule has 1 heterocycles. The van der Waals surface area contributed by atoms with Gasteiger partial charge in [0.2, 0.25) is 5.91 Å². The molecule has 8 nitrogen and oxygen atoms in total. The highest BCUT2D eigenvalue weighted by Gasteiger charge is 2.38. The number of nitrogens with one attached hydrogen (secondary N) is 1. The average Bonchev–Trinajstić information content (AvgIpc) is 2.74. The van der Waals surface area contributed by atoms with Gasteiger partial charge in [-0.25, -0.2) is 4.79 Å². The molecular formula is C11H14F3N3O5. The van der Waals surface area contributed by atoms with Gasteiger partial charge >= 0.3 is 12.1 Å². The number of amides is 3. The Morgan fingerprint density at radius 1 is 1.32 bits per heavy atom. The summed E-state index contributed by atoms with van der Waals surface area (Å²) >= 11 is 0. The summed E-state index contributed by atoms with van der Waals surface area (Å²) in [4.78, 5) is 43.7. The van der Waals surface area contributed by atoms with Crippen molar-refractivity contribution in [2.75, 3.05) is 13.1 Å². The summed E-state index contributed by atoms with van der Waals surface area (Å²) in [6.45, 7) is 2.14. The van der Waals surface area contributed by atoms with Gasteiger partial charge < -0.3 is 16.2 Å². The van der Waals surface area contributed by atoms with Crippen LogP contribution in [0.15, 0.2) is 12.2 Å². The molecule has 11 heteroatoms. The van der Waals surface area contributed by atoms with Crippen molar-refractivity contribution in [1.29, 1.82) is 0 Å². The molecule has 1 atom stereocenters. The van der Waals surface area contributed by atoms with E-state index in [9.17, 15) is 27.6 Å². The van der Waals surface area contributed by atoms with E-state index >= 15 is 0 Å². The highest BCUT2D eigenvalue weighted by atomic mass is 19.4. The molecule has 0 bridgehead atoms. The van der Waals surface area contributed by atoms with Gasteiger partial charge in [-0.05, 0) is 6.92 Å². The van der Waals surface area contributed by atoms with E-state index in [4.69, 9.17) is 15.6 Å². The lowest BCUT2D eigenvalue weighted by atomic mass is 10.2. The summed E-state index contributed by atoms with van der Waals surface area (Å²) in [5, 5.41) is 9.64. The van der Waals surface area contributed by atoms with Gasteiger partial charge in [0, 0.05) is 25.2 Å². The van der Waals surface area contributed by atoms with Gasteiger partial charge in [0.05, 0.1) is 0 Å². The number of carboxylic acids is 1. The van der Waals surface area contributed by atoms with Gasteiger partial charge in [0.15, 0.2) is 0 Å². The smallest absolute Gasteiger partial charge is 0.475 e. The lowest BCUT2D eigenvalue weighted by Gasteiger charge is -2.21. The van der Waals surface area contributed by atoms with E-state index in [1.807, 2.05) is 0 Å². The summed E-state index contributed by atoms with van der Waals surface area (Å²) < 4.78 is 31.7. The number of rotatable bonds is 4. The molecule has 0 aromatic carbocycles. The second-order valence-corrected chi connectivity index (χ2v) is 3.94. The summed E-state index contributed by atoms with van der Waals surface area (Å²) in [5.41, 5.74) is 5.21. The van der Waals surface area contributed by atoms with Crippen LogP contribution >= 0.6 is 0 Å². The largest absolute Gasteiger partial charge is 0.490 e. The number of halogens is 3. The number of carbonyl (C=O) groups is 4. The number of nitrogens with two attached hydrogens (primary N) is 1. The number of nitrogens with zero attached hydrogens (tertiary/aromatic N) is 1. The normalized spacial score (nSPS) is 15.2. The summed E-state index contributed by atoms with van der Waals surface area (Å²) in [6, 6.07) is -0.799. The van der Waals surface area contributed by atoms with E-state index in [2.05, 4.69) is 5.32 Å². The molecule has 1 aliphatic rings. The molecular weight excluding hydrogens is 311 g/mol. The van der Waals surface area contributed by atoms with Crippen LogP contribution < -0.4 is 11.1 Å². The van der Waals surface area contributed by atoms with Crippen LogP contribution in [0.5, 0.6) is 0 Å².